The second kappa shape index (κ2) is 6.13. The Morgan fingerprint density at radius 1 is 1.29 bits per heavy atom. The Bertz CT molecular complexity index is 746. The van der Waals surface area contributed by atoms with Crippen molar-refractivity contribution < 1.29 is 17.6 Å². The van der Waals surface area contributed by atoms with Gasteiger partial charge in [-0.1, -0.05) is 12.2 Å². The SMILES string of the molecule is Cc1c(S(=O)(=O)CC=CCc2ccco2)cc[n+]([O-])c1C. The molecule has 0 aromatic carbocycles. The molecule has 2 aromatic heterocycles. The summed E-state index contributed by atoms with van der Waals surface area (Å²) in [6.45, 7) is 3.25. The van der Waals surface area contributed by atoms with E-state index < -0.39 is 9.84 Å². The second-order valence-electron chi connectivity index (χ2n) is 4.75. The van der Waals surface area contributed by atoms with Crippen LogP contribution in [0.25, 0.3) is 0 Å². The van der Waals surface area contributed by atoms with Crippen LogP contribution in [0, 0.1) is 19.1 Å². The fourth-order valence-electron chi connectivity index (χ4n) is 1.97. The van der Waals surface area contributed by atoms with E-state index in [4.69, 9.17) is 4.42 Å². The van der Waals surface area contributed by atoms with E-state index in [1.54, 1.807) is 38.3 Å². The molecule has 0 bridgehead atoms. The lowest BCUT2D eigenvalue weighted by Crippen LogP contribution is -2.31. The van der Waals surface area contributed by atoms with Crippen molar-refractivity contribution >= 4 is 9.84 Å². The molecule has 0 spiro atoms. The predicted molar refractivity (Wildman–Crippen MR) is 78.5 cm³/mol. The van der Waals surface area contributed by atoms with Crippen LogP contribution in [0.15, 0.2) is 52.1 Å². The molecule has 6 heteroatoms. The van der Waals surface area contributed by atoms with E-state index in [1.165, 1.54) is 12.3 Å². The number of furan rings is 1. The molecule has 0 unspecified atom stereocenters. The molecule has 0 radical (unpaired) electrons. The van der Waals surface area contributed by atoms with Crippen LogP contribution in [0.5, 0.6) is 0 Å². The molecule has 0 amide bonds. The molecule has 0 atom stereocenters. The van der Waals surface area contributed by atoms with E-state index >= 15 is 0 Å². The first-order chi connectivity index (χ1) is 9.92. The topological polar surface area (TPSA) is 74.2 Å². The number of nitrogens with zero attached hydrogens (tertiary/aromatic N) is 1. The molecule has 0 saturated carbocycles. The number of aromatic nitrogens is 1. The Labute approximate surface area is 124 Å². The fourth-order valence-corrected chi connectivity index (χ4v) is 3.42. The van der Waals surface area contributed by atoms with Crippen molar-refractivity contribution in [3.05, 3.63) is 65.0 Å². The maximum Gasteiger partial charge on any atom is 0.193 e. The maximum atomic E-state index is 12.3. The third kappa shape index (κ3) is 3.52. The molecule has 0 N–H and O–H groups in total. The summed E-state index contributed by atoms with van der Waals surface area (Å²) >= 11 is 0. The van der Waals surface area contributed by atoms with Crippen LogP contribution in [0.3, 0.4) is 0 Å². The van der Waals surface area contributed by atoms with Crippen molar-refractivity contribution in [1.82, 2.24) is 0 Å². The van der Waals surface area contributed by atoms with Crippen LogP contribution in [0.2, 0.25) is 0 Å². The summed E-state index contributed by atoms with van der Waals surface area (Å²) < 4.78 is 30.4. The highest BCUT2D eigenvalue weighted by Gasteiger charge is 2.20. The maximum absolute atomic E-state index is 12.3. The van der Waals surface area contributed by atoms with Gasteiger partial charge in [0, 0.05) is 25.0 Å². The number of allylic oxidation sites excluding steroid dienone is 1. The van der Waals surface area contributed by atoms with Crippen LogP contribution < -0.4 is 4.73 Å². The lowest BCUT2D eigenvalue weighted by molar-refractivity contribution is -0.613. The minimum absolute atomic E-state index is 0.100. The van der Waals surface area contributed by atoms with Gasteiger partial charge < -0.3 is 9.62 Å². The van der Waals surface area contributed by atoms with E-state index in [1.807, 2.05) is 6.07 Å². The van der Waals surface area contributed by atoms with Crippen molar-refractivity contribution in [2.45, 2.75) is 25.2 Å². The Morgan fingerprint density at radius 3 is 2.71 bits per heavy atom. The van der Waals surface area contributed by atoms with E-state index in [0.717, 1.165) is 5.76 Å². The summed E-state index contributed by atoms with van der Waals surface area (Å²) in [6, 6.07) is 4.97. The largest absolute Gasteiger partial charge is 0.619 e. The molecule has 21 heavy (non-hydrogen) atoms. The summed E-state index contributed by atoms with van der Waals surface area (Å²) in [6.07, 6.45) is 6.71. The van der Waals surface area contributed by atoms with Gasteiger partial charge in [-0.25, -0.2) is 8.42 Å². The number of rotatable bonds is 5. The van der Waals surface area contributed by atoms with Crippen LogP contribution in [0.1, 0.15) is 17.0 Å². The lowest BCUT2D eigenvalue weighted by atomic mass is 10.2. The van der Waals surface area contributed by atoms with Gasteiger partial charge >= 0.3 is 0 Å². The average Bonchev–Trinajstić information content (AvgIpc) is 2.94. The summed E-state index contributed by atoms with van der Waals surface area (Å²) in [4.78, 5) is 0.203. The zero-order valence-corrected chi connectivity index (χ0v) is 12.8. The van der Waals surface area contributed by atoms with E-state index in [0.29, 0.717) is 22.4 Å². The Morgan fingerprint density at radius 2 is 2.05 bits per heavy atom. The van der Waals surface area contributed by atoms with Crippen LogP contribution >= 0.6 is 0 Å². The quantitative estimate of drug-likeness (QED) is 0.481. The number of hydrogen-bond acceptors (Lipinski definition) is 4. The zero-order valence-electron chi connectivity index (χ0n) is 11.9. The van der Waals surface area contributed by atoms with Gasteiger partial charge in [-0.3, -0.25) is 0 Å². The highest BCUT2D eigenvalue weighted by molar-refractivity contribution is 7.91. The van der Waals surface area contributed by atoms with E-state index in [-0.39, 0.29) is 10.6 Å². The average molecular weight is 307 g/mol. The molecule has 0 aliphatic carbocycles. The molecule has 2 heterocycles. The minimum Gasteiger partial charge on any atom is -0.619 e. The first kappa shape index (κ1) is 15.3. The molecule has 0 fully saturated rings. The van der Waals surface area contributed by atoms with Gasteiger partial charge in [-0.05, 0) is 19.1 Å². The molecule has 0 aliphatic heterocycles. The van der Waals surface area contributed by atoms with Gasteiger partial charge in [0.25, 0.3) is 0 Å². The van der Waals surface area contributed by atoms with Crippen molar-refractivity contribution in [2.24, 2.45) is 0 Å². The minimum atomic E-state index is -3.44. The van der Waals surface area contributed by atoms with E-state index in [2.05, 4.69) is 0 Å². The molecular weight excluding hydrogens is 290 g/mol. The third-order valence-electron chi connectivity index (χ3n) is 3.32. The fraction of sp³-hybridized carbons (Fsp3) is 0.267. The Balaban J connectivity index is 2.12. The van der Waals surface area contributed by atoms with Crippen molar-refractivity contribution in [2.75, 3.05) is 5.75 Å². The van der Waals surface area contributed by atoms with Crippen LogP contribution in [-0.4, -0.2) is 14.2 Å². The van der Waals surface area contributed by atoms with Gasteiger partial charge in [0.15, 0.2) is 21.7 Å². The predicted octanol–water partition coefficient (Wildman–Crippen LogP) is 2.10. The number of pyridine rings is 1. The van der Waals surface area contributed by atoms with Crippen molar-refractivity contribution in [1.29, 1.82) is 0 Å². The zero-order chi connectivity index (χ0) is 15.5. The highest BCUT2D eigenvalue weighted by Crippen LogP contribution is 2.17. The van der Waals surface area contributed by atoms with Crippen molar-refractivity contribution in [3.8, 4) is 0 Å². The first-order valence-electron chi connectivity index (χ1n) is 6.51. The van der Waals surface area contributed by atoms with Gasteiger partial charge in [0.1, 0.15) is 5.76 Å². The van der Waals surface area contributed by atoms with Crippen LogP contribution in [-0.2, 0) is 16.3 Å². The lowest BCUT2D eigenvalue weighted by Gasteiger charge is -2.08. The Kier molecular flexibility index (Phi) is 4.47. The van der Waals surface area contributed by atoms with Crippen molar-refractivity contribution in [3.63, 3.8) is 0 Å². The molecule has 2 rings (SSSR count). The standard InChI is InChI=1S/C15H17NO4S/c1-12-13(2)16(17)9-8-15(12)21(18,19)11-4-3-6-14-7-5-10-20-14/h3-5,7-10H,6,11H2,1-2H3. The summed E-state index contributed by atoms with van der Waals surface area (Å²) in [5.74, 6) is 0.680. The van der Waals surface area contributed by atoms with Gasteiger partial charge in [0.2, 0.25) is 0 Å². The molecule has 0 aliphatic rings. The first-order valence-corrected chi connectivity index (χ1v) is 8.16. The molecule has 0 saturated heterocycles. The third-order valence-corrected chi connectivity index (χ3v) is 5.06. The summed E-state index contributed by atoms with van der Waals surface area (Å²) in [7, 11) is -3.44. The monoisotopic (exact) mass is 307 g/mol. The smallest absolute Gasteiger partial charge is 0.193 e. The van der Waals surface area contributed by atoms with Gasteiger partial charge in [0.05, 0.1) is 16.9 Å². The van der Waals surface area contributed by atoms with Crippen LogP contribution in [0.4, 0.5) is 0 Å². The molecular formula is C15H17NO4S. The Hall–Kier alpha value is -2.08. The summed E-state index contributed by atoms with van der Waals surface area (Å²) in [5.41, 5.74) is 0.891. The highest BCUT2D eigenvalue weighted by atomic mass is 32.2. The normalized spacial score (nSPS) is 12.1. The molecule has 2 aromatic rings. The summed E-state index contributed by atoms with van der Waals surface area (Å²) in [5, 5.41) is 11.4. The van der Waals surface area contributed by atoms with Gasteiger partial charge in [-0.2, -0.15) is 4.73 Å². The number of hydrogen-bond donors (Lipinski definition) is 0. The van der Waals surface area contributed by atoms with E-state index in [9.17, 15) is 13.6 Å². The molecule has 5 nitrogen and oxygen atoms in total. The molecule has 112 valence electrons. The number of sulfone groups is 1. The second-order valence-corrected chi connectivity index (χ2v) is 6.76. The van der Waals surface area contributed by atoms with Gasteiger partial charge in [-0.15, -0.1) is 0 Å².